The minimum absolute atomic E-state index is 0.0348. The third-order valence-corrected chi connectivity index (χ3v) is 6.43. The fourth-order valence-corrected chi connectivity index (χ4v) is 4.76. The number of hydrogen-bond donors (Lipinski definition) is 0. The number of aryl methyl sites for hydroxylation is 1. The van der Waals surface area contributed by atoms with Crippen molar-refractivity contribution in [3.63, 3.8) is 0 Å². The molecule has 1 saturated heterocycles. The molecule has 0 spiro atoms. The van der Waals surface area contributed by atoms with Crippen LogP contribution in [0.2, 0.25) is 0 Å². The minimum atomic E-state index is -0.967. The lowest BCUT2D eigenvalue weighted by molar-refractivity contribution is 0.0390. The van der Waals surface area contributed by atoms with Crippen LogP contribution in [0.15, 0.2) is 36.8 Å². The van der Waals surface area contributed by atoms with Gasteiger partial charge in [0.05, 0.1) is 25.0 Å². The number of ether oxygens (including phenoxy) is 1. The molecule has 1 fully saturated rings. The smallest absolute Gasteiger partial charge is 0.237 e. The summed E-state index contributed by atoms with van der Waals surface area (Å²) in [5.74, 6) is 0.848. The van der Waals surface area contributed by atoms with E-state index >= 15 is 0 Å². The predicted octanol–water partition coefficient (Wildman–Crippen LogP) is 2.95. The first-order chi connectivity index (χ1) is 16.0. The van der Waals surface area contributed by atoms with Gasteiger partial charge in [0.2, 0.25) is 5.95 Å². The van der Waals surface area contributed by atoms with Crippen molar-refractivity contribution in [2.45, 2.75) is 25.8 Å². The zero-order chi connectivity index (χ0) is 22.7. The van der Waals surface area contributed by atoms with E-state index in [1.165, 1.54) is 18.3 Å². The Hall–Kier alpha value is -3.73. The summed E-state index contributed by atoms with van der Waals surface area (Å²) in [7, 11) is 0. The average molecular weight is 450 g/mol. The fraction of sp³-hybridized carbons (Fsp3) is 0.318. The van der Waals surface area contributed by atoms with E-state index in [2.05, 4.69) is 32.0 Å². The van der Waals surface area contributed by atoms with Crippen molar-refractivity contribution >= 4 is 5.82 Å². The van der Waals surface area contributed by atoms with Crippen molar-refractivity contribution in [2.75, 3.05) is 24.7 Å². The van der Waals surface area contributed by atoms with E-state index in [4.69, 9.17) is 9.72 Å². The van der Waals surface area contributed by atoms with Gasteiger partial charge in [0.15, 0.2) is 23.3 Å². The van der Waals surface area contributed by atoms with Crippen LogP contribution in [0.3, 0.4) is 0 Å². The molecule has 0 bridgehead atoms. The topological polar surface area (TPSA) is 86.8 Å². The number of imidazole rings is 1. The Morgan fingerprint density at radius 3 is 2.91 bits per heavy atom. The Morgan fingerprint density at radius 1 is 1.18 bits per heavy atom. The zero-order valence-corrected chi connectivity index (χ0v) is 18.0. The monoisotopic (exact) mass is 450 g/mol. The molecule has 1 atom stereocenters. The van der Waals surface area contributed by atoms with Crippen molar-refractivity contribution in [2.24, 2.45) is 0 Å². The van der Waals surface area contributed by atoms with Crippen molar-refractivity contribution in [3.05, 3.63) is 60.1 Å². The van der Waals surface area contributed by atoms with Gasteiger partial charge in [-0.3, -0.25) is 9.13 Å². The van der Waals surface area contributed by atoms with Crippen LogP contribution in [0.4, 0.5) is 14.6 Å². The van der Waals surface area contributed by atoms with Gasteiger partial charge in [-0.25, -0.2) is 18.7 Å². The standard InChI is InChI=1S/C22H20F2N8O/c1-3-22-12-33-10-9-31(22)19-16(32-13(2)28-29-20(22)32)11-26-21(27-19)30-8-7-25-18(30)14-5-4-6-15(23)17(14)24/h4-8,11H,3,9-10,12H2,1-2H3. The van der Waals surface area contributed by atoms with E-state index in [0.29, 0.717) is 31.5 Å². The lowest BCUT2D eigenvalue weighted by Gasteiger charge is -2.49. The van der Waals surface area contributed by atoms with Gasteiger partial charge < -0.3 is 9.64 Å². The quantitative estimate of drug-likeness (QED) is 0.474. The summed E-state index contributed by atoms with van der Waals surface area (Å²) in [4.78, 5) is 15.9. The van der Waals surface area contributed by atoms with Gasteiger partial charge in [-0.15, -0.1) is 10.2 Å². The summed E-state index contributed by atoms with van der Waals surface area (Å²) >= 11 is 0. The second-order valence-corrected chi connectivity index (χ2v) is 8.10. The second-order valence-electron chi connectivity index (χ2n) is 8.10. The first kappa shape index (κ1) is 19.9. The van der Waals surface area contributed by atoms with E-state index in [0.717, 1.165) is 29.8 Å². The number of halogens is 2. The first-order valence-electron chi connectivity index (χ1n) is 10.7. The van der Waals surface area contributed by atoms with Gasteiger partial charge in [0, 0.05) is 18.9 Å². The summed E-state index contributed by atoms with van der Waals surface area (Å²) in [5.41, 5.74) is 0.290. The third-order valence-electron chi connectivity index (χ3n) is 6.43. The van der Waals surface area contributed by atoms with Crippen LogP contribution >= 0.6 is 0 Å². The number of aromatic nitrogens is 7. The van der Waals surface area contributed by atoms with Gasteiger partial charge in [-0.2, -0.15) is 4.98 Å². The highest BCUT2D eigenvalue weighted by atomic mass is 19.2. The molecule has 6 rings (SSSR count). The molecule has 1 unspecified atom stereocenters. The van der Waals surface area contributed by atoms with E-state index in [1.807, 2.05) is 11.5 Å². The molecule has 9 nitrogen and oxygen atoms in total. The Labute approximate surface area is 187 Å². The first-order valence-corrected chi connectivity index (χ1v) is 10.7. The summed E-state index contributed by atoms with van der Waals surface area (Å²) in [5, 5.41) is 8.78. The Morgan fingerprint density at radius 2 is 2.06 bits per heavy atom. The molecule has 4 aromatic rings. The molecule has 0 aliphatic carbocycles. The lowest BCUT2D eigenvalue weighted by atomic mass is 9.90. The molecule has 0 amide bonds. The predicted molar refractivity (Wildman–Crippen MR) is 114 cm³/mol. The number of fused-ring (bicyclic) bond motifs is 6. The fourth-order valence-electron chi connectivity index (χ4n) is 4.76. The van der Waals surface area contributed by atoms with Crippen LogP contribution < -0.4 is 4.90 Å². The number of hydrogen-bond acceptors (Lipinski definition) is 7. The minimum Gasteiger partial charge on any atom is -0.377 e. The molecular weight excluding hydrogens is 430 g/mol. The molecule has 0 N–H and O–H groups in total. The van der Waals surface area contributed by atoms with E-state index in [1.54, 1.807) is 17.0 Å². The number of benzene rings is 1. The van der Waals surface area contributed by atoms with Gasteiger partial charge in [0.1, 0.15) is 22.9 Å². The molecule has 11 heteroatoms. The molecular formula is C22H20F2N8O. The van der Waals surface area contributed by atoms with Gasteiger partial charge >= 0.3 is 0 Å². The average Bonchev–Trinajstić information content (AvgIpc) is 3.48. The highest BCUT2D eigenvalue weighted by Gasteiger charge is 2.49. The summed E-state index contributed by atoms with van der Waals surface area (Å²) in [6.07, 6.45) is 5.59. The lowest BCUT2D eigenvalue weighted by Crippen LogP contribution is -2.58. The number of nitrogens with zero attached hydrogens (tertiary/aromatic N) is 8. The molecule has 1 aromatic carbocycles. The maximum absolute atomic E-state index is 14.5. The van der Waals surface area contributed by atoms with Crippen LogP contribution in [0.25, 0.3) is 23.0 Å². The van der Waals surface area contributed by atoms with Crippen LogP contribution in [-0.2, 0) is 10.3 Å². The van der Waals surface area contributed by atoms with Crippen LogP contribution in [0, 0.1) is 18.6 Å². The van der Waals surface area contributed by atoms with Crippen molar-refractivity contribution in [1.82, 2.24) is 34.3 Å². The van der Waals surface area contributed by atoms with Crippen molar-refractivity contribution in [3.8, 4) is 23.0 Å². The highest BCUT2D eigenvalue weighted by molar-refractivity contribution is 5.65. The second kappa shape index (κ2) is 7.14. The number of morpholine rings is 1. The molecule has 2 aliphatic heterocycles. The molecule has 3 aromatic heterocycles. The molecule has 168 valence electrons. The van der Waals surface area contributed by atoms with E-state index in [-0.39, 0.29) is 11.4 Å². The zero-order valence-electron chi connectivity index (χ0n) is 18.0. The van der Waals surface area contributed by atoms with Crippen LogP contribution in [0.5, 0.6) is 0 Å². The SMILES string of the molecule is CCC12COCCN1c1nc(-n3ccnc3-c3cccc(F)c3F)ncc1-n1c(C)nnc12. The molecule has 0 saturated carbocycles. The largest absolute Gasteiger partial charge is 0.377 e. The molecule has 5 heterocycles. The third kappa shape index (κ3) is 2.68. The van der Waals surface area contributed by atoms with E-state index in [9.17, 15) is 8.78 Å². The van der Waals surface area contributed by atoms with Gasteiger partial charge in [-0.05, 0) is 25.5 Å². The van der Waals surface area contributed by atoms with Gasteiger partial charge in [0.25, 0.3) is 0 Å². The van der Waals surface area contributed by atoms with E-state index < -0.39 is 17.2 Å². The van der Waals surface area contributed by atoms with Crippen molar-refractivity contribution < 1.29 is 13.5 Å². The molecule has 0 radical (unpaired) electrons. The highest BCUT2D eigenvalue weighted by Crippen LogP contribution is 2.44. The summed E-state index contributed by atoms with van der Waals surface area (Å²) in [6, 6.07) is 4.00. The number of rotatable bonds is 3. The summed E-state index contributed by atoms with van der Waals surface area (Å²) < 4.78 is 37.8. The summed E-state index contributed by atoms with van der Waals surface area (Å²) in [6.45, 7) is 5.61. The van der Waals surface area contributed by atoms with Crippen molar-refractivity contribution in [1.29, 1.82) is 0 Å². The molecule has 2 aliphatic rings. The maximum Gasteiger partial charge on any atom is 0.237 e. The Balaban J connectivity index is 1.55. The number of anilines is 1. The normalized spacial score (nSPS) is 19.2. The van der Waals surface area contributed by atoms with Gasteiger partial charge in [-0.1, -0.05) is 13.0 Å². The van der Waals surface area contributed by atoms with Crippen LogP contribution in [-0.4, -0.2) is 54.0 Å². The Bertz CT molecular complexity index is 1380. The Kier molecular flexibility index (Phi) is 4.31. The molecule has 33 heavy (non-hydrogen) atoms. The maximum atomic E-state index is 14.5. The van der Waals surface area contributed by atoms with Crippen LogP contribution in [0.1, 0.15) is 25.0 Å².